The summed E-state index contributed by atoms with van der Waals surface area (Å²) in [7, 11) is 2.00. The lowest BCUT2D eigenvalue weighted by atomic mass is 9.89. The smallest absolute Gasteiger partial charge is 0.119 e. The van der Waals surface area contributed by atoms with Gasteiger partial charge in [0.2, 0.25) is 0 Å². The van der Waals surface area contributed by atoms with E-state index in [1.807, 2.05) is 33.0 Å². The van der Waals surface area contributed by atoms with E-state index < -0.39 is 0 Å². The molecule has 0 saturated carbocycles. The molecule has 0 fully saturated rings. The Morgan fingerprint density at radius 2 is 1.81 bits per heavy atom. The number of ether oxygens (including phenoxy) is 1. The molecule has 16 heavy (non-hydrogen) atoms. The van der Waals surface area contributed by atoms with Crippen molar-refractivity contribution in [2.45, 2.75) is 45.8 Å². The Morgan fingerprint density at radius 1 is 1.25 bits per heavy atom. The second kappa shape index (κ2) is 5.35. The fourth-order valence-corrected chi connectivity index (χ4v) is 1.70. The first-order valence-corrected chi connectivity index (χ1v) is 5.98. The summed E-state index contributed by atoms with van der Waals surface area (Å²) in [5, 5.41) is 3.36. The highest BCUT2D eigenvalue weighted by molar-refractivity contribution is 5.31. The molecule has 0 aliphatic carbocycles. The van der Waals surface area contributed by atoms with Crippen molar-refractivity contribution < 1.29 is 4.74 Å². The van der Waals surface area contributed by atoms with E-state index in [2.05, 4.69) is 31.3 Å². The number of rotatable bonds is 5. The highest BCUT2D eigenvalue weighted by Crippen LogP contribution is 2.25. The summed E-state index contributed by atoms with van der Waals surface area (Å²) in [6.45, 7) is 8.48. The summed E-state index contributed by atoms with van der Waals surface area (Å²) in [6.07, 6.45) is 1.29. The molecule has 1 aromatic rings. The average Bonchev–Trinajstić information content (AvgIpc) is 2.28. The number of hydrogen-bond donors (Lipinski definition) is 1. The lowest BCUT2D eigenvalue weighted by Crippen LogP contribution is -2.35. The molecular weight excluding hydrogens is 198 g/mol. The number of benzene rings is 1. The fourth-order valence-electron chi connectivity index (χ4n) is 1.70. The van der Waals surface area contributed by atoms with Gasteiger partial charge in [0.25, 0.3) is 0 Å². The summed E-state index contributed by atoms with van der Waals surface area (Å²) < 4.78 is 5.63. The molecule has 0 bridgehead atoms. The first-order chi connectivity index (χ1) is 7.51. The summed E-state index contributed by atoms with van der Waals surface area (Å²) in [6, 6.07) is 8.36. The van der Waals surface area contributed by atoms with Crippen molar-refractivity contribution in [1.29, 1.82) is 0 Å². The van der Waals surface area contributed by atoms with Crippen LogP contribution in [0.4, 0.5) is 0 Å². The fraction of sp³-hybridized carbons (Fsp3) is 0.571. The van der Waals surface area contributed by atoms with Gasteiger partial charge in [0, 0.05) is 5.54 Å². The van der Waals surface area contributed by atoms with Crippen molar-refractivity contribution in [1.82, 2.24) is 5.32 Å². The second-order valence-electron chi connectivity index (χ2n) is 4.63. The minimum Gasteiger partial charge on any atom is -0.491 e. The van der Waals surface area contributed by atoms with Gasteiger partial charge in [-0.3, -0.25) is 0 Å². The van der Waals surface area contributed by atoms with Crippen molar-refractivity contribution >= 4 is 0 Å². The van der Waals surface area contributed by atoms with Crippen molar-refractivity contribution in [3.05, 3.63) is 29.8 Å². The molecule has 90 valence electrons. The van der Waals surface area contributed by atoms with E-state index >= 15 is 0 Å². The molecule has 0 aliphatic rings. The van der Waals surface area contributed by atoms with E-state index in [1.54, 1.807) is 0 Å². The van der Waals surface area contributed by atoms with Gasteiger partial charge in [-0.05, 0) is 51.9 Å². The maximum atomic E-state index is 5.63. The van der Waals surface area contributed by atoms with Crippen LogP contribution in [0.25, 0.3) is 0 Å². The van der Waals surface area contributed by atoms with Gasteiger partial charge in [-0.25, -0.2) is 0 Å². The molecule has 2 heteroatoms. The molecule has 1 unspecified atom stereocenters. The molecule has 0 saturated heterocycles. The largest absolute Gasteiger partial charge is 0.491 e. The number of nitrogens with one attached hydrogen (secondary N) is 1. The van der Waals surface area contributed by atoms with Gasteiger partial charge in [-0.15, -0.1) is 0 Å². The van der Waals surface area contributed by atoms with Crippen LogP contribution in [0.15, 0.2) is 24.3 Å². The van der Waals surface area contributed by atoms with E-state index in [0.29, 0.717) is 0 Å². The molecule has 0 radical (unpaired) electrons. The zero-order valence-electron chi connectivity index (χ0n) is 11.0. The van der Waals surface area contributed by atoms with Crippen LogP contribution in [0.5, 0.6) is 5.75 Å². The molecule has 2 nitrogen and oxygen atoms in total. The molecule has 0 heterocycles. The summed E-state index contributed by atoms with van der Waals surface area (Å²) in [5.74, 6) is 0.938. The van der Waals surface area contributed by atoms with Gasteiger partial charge in [-0.2, -0.15) is 0 Å². The molecule has 1 N–H and O–H groups in total. The molecule has 1 aromatic carbocycles. The first-order valence-electron chi connectivity index (χ1n) is 5.98. The molecule has 1 atom stereocenters. The highest BCUT2D eigenvalue weighted by Gasteiger charge is 2.21. The van der Waals surface area contributed by atoms with Crippen LogP contribution in [0.2, 0.25) is 0 Å². The normalized spacial score (nSPS) is 14.9. The maximum absolute atomic E-state index is 5.63. The number of hydrogen-bond acceptors (Lipinski definition) is 2. The van der Waals surface area contributed by atoms with Crippen molar-refractivity contribution in [2.24, 2.45) is 0 Å². The van der Waals surface area contributed by atoms with Gasteiger partial charge in [0.15, 0.2) is 0 Å². The van der Waals surface area contributed by atoms with Crippen LogP contribution >= 0.6 is 0 Å². The maximum Gasteiger partial charge on any atom is 0.119 e. The Labute approximate surface area is 99.0 Å². The van der Waals surface area contributed by atoms with E-state index in [4.69, 9.17) is 4.74 Å². The zero-order valence-corrected chi connectivity index (χ0v) is 11.0. The SMILES string of the molecule is CCC(C)(NC)c1ccc(OC(C)C)cc1. The zero-order chi connectivity index (χ0) is 12.2. The molecule has 0 amide bonds. The van der Waals surface area contributed by atoms with Crippen LogP contribution in [-0.2, 0) is 5.54 Å². The summed E-state index contributed by atoms with van der Waals surface area (Å²) in [4.78, 5) is 0. The molecule has 1 rings (SSSR count). The van der Waals surface area contributed by atoms with Crippen LogP contribution in [0.3, 0.4) is 0 Å². The van der Waals surface area contributed by atoms with Gasteiger partial charge in [-0.1, -0.05) is 19.1 Å². The van der Waals surface area contributed by atoms with Gasteiger partial charge in [0.1, 0.15) is 5.75 Å². The van der Waals surface area contributed by atoms with Crippen LogP contribution in [0, 0.1) is 0 Å². The summed E-state index contributed by atoms with van der Waals surface area (Å²) >= 11 is 0. The summed E-state index contributed by atoms with van der Waals surface area (Å²) in [5.41, 5.74) is 1.35. The monoisotopic (exact) mass is 221 g/mol. The molecular formula is C14H23NO. The van der Waals surface area contributed by atoms with Crippen molar-refractivity contribution in [2.75, 3.05) is 7.05 Å². The Hall–Kier alpha value is -1.02. The predicted octanol–water partition coefficient (Wildman–Crippen LogP) is 3.32. The van der Waals surface area contributed by atoms with Gasteiger partial charge < -0.3 is 10.1 Å². The quantitative estimate of drug-likeness (QED) is 0.823. The molecule has 0 aliphatic heterocycles. The van der Waals surface area contributed by atoms with E-state index in [0.717, 1.165) is 12.2 Å². The molecule has 0 aromatic heterocycles. The predicted molar refractivity (Wildman–Crippen MR) is 68.9 cm³/mol. The topological polar surface area (TPSA) is 21.3 Å². The van der Waals surface area contributed by atoms with E-state index in [-0.39, 0.29) is 11.6 Å². The van der Waals surface area contributed by atoms with Crippen molar-refractivity contribution in [3.8, 4) is 5.75 Å². The Bertz CT molecular complexity index is 312. The lowest BCUT2D eigenvalue weighted by Gasteiger charge is -2.28. The minimum absolute atomic E-state index is 0.0519. The van der Waals surface area contributed by atoms with Crippen LogP contribution in [0.1, 0.15) is 39.7 Å². The first kappa shape index (κ1) is 13.0. The molecule has 0 spiro atoms. The van der Waals surface area contributed by atoms with Crippen molar-refractivity contribution in [3.63, 3.8) is 0 Å². The Morgan fingerprint density at radius 3 is 2.19 bits per heavy atom. The Balaban J connectivity index is 2.85. The standard InChI is InChI=1S/C14H23NO/c1-6-14(4,15-5)12-7-9-13(10-8-12)16-11(2)3/h7-11,15H,6H2,1-5H3. The second-order valence-corrected chi connectivity index (χ2v) is 4.63. The lowest BCUT2D eigenvalue weighted by molar-refractivity contribution is 0.242. The van der Waals surface area contributed by atoms with E-state index in [1.165, 1.54) is 5.56 Å². The van der Waals surface area contributed by atoms with Gasteiger partial charge >= 0.3 is 0 Å². The average molecular weight is 221 g/mol. The van der Waals surface area contributed by atoms with Crippen LogP contribution in [-0.4, -0.2) is 13.2 Å². The highest BCUT2D eigenvalue weighted by atomic mass is 16.5. The van der Waals surface area contributed by atoms with Crippen LogP contribution < -0.4 is 10.1 Å². The third kappa shape index (κ3) is 2.99. The van der Waals surface area contributed by atoms with E-state index in [9.17, 15) is 0 Å². The Kier molecular flexibility index (Phi) is 4.36. The third-order valence-corrected chi connectivity index (χ3v) is 3.12. The van der Waals surface area contributed by atoms with Gasteiger partial charge in [0.05, 0.1) is 6.10 Å². The minimum atomic E-state index is 0.0519. The third-order valence-electron chi connectivity index (χ3n) is 3.12.